The molecule has 0 saturated carbocycles. The van der Waals surface area contributed by atoms with Crippen molar-refractivity contribution in [2.24, 2.45) is 7.05 Å². The summed E-state index contributed by atoms with van der Waals surface area (Å²) < 4.78 is 12.2. The van der Waals surface area contributed by atoms with Crippen molar-refractivity contribution in [3.05, 3.63) is 12.3 Å². The number of aryl methyl sites for hydroxylation is 1. The van der Waals surface area contributed by atoms with Gasteiger partial charge in [0.25, 0.3) is 0 Å². The lowest BCUT2D eigenvalue weighted by atomic mass is 10.1. The second-order valence-electron chi connectivity index (χ2n) is 6.24. The Morgan fingerprint density at radius 1 is 1.45 bits per heavy atom. The number of amides is 1. The molecule has 22 heavy (non-hydrogen) atoms. The van der Waals surface area contributed by atoms with Gasteiger partial charge in [-0.25, -0.2) is 4.79 Å². The number of aromatic nitrogens is 2. The van der Waals surface area contributed by atoms with Crippen LogP contribution in [0.2, 0.25) is 0 Å². The molecule has 7 heteroatoms. The predicted octanol–water partition coefficient (Wildman–Crippen LogP) is 2.15. The SMILES string of the molecule is COCC(CCCNC(=O)OC(C)(C)C)Nc1ccn(C)n1. The Hall–Kier alpha value is -1.76. The number of carbonyl (C=O) groups excluding carboxylic acids is 1. The third-order valence-corrected chi connectivity index (χ3v) is 2.83. The van der Waals surface area contributed by atoms with Crippen molar-refractivity contribution in [1.82, 2.24) is 15.1 Å². The first kappa shape index (κ1) is 18.3. The summed E-state index contributed by atoms with van der Waals surface area (Å²) >= 11 is 0. The molecule has 1 rings (SSSR count). The molecule has 1 unspecified atom stereocenters. The van der Waals surface area contributed by atoms with E-state index in [0.717, 1.165) is 18.7 Å². The number of nitrogens with one attached hydrogen (secondary N) is 2. The molecule has 0 aliphatic rings. The number of carbonyl (C=O) groups is 1. The Kier molecular flexibility index (Phi) is 7.17. The number of anilines is 1. The lowest BCUT2D eigenvalue weighted by Gasteiger charge is -2.20. The van der Waals surface area contributed by atoms with E-state index in [4.69, 9.17) is 9.47 Å². The summed E-state index contributed by atoms with van der Waals surface area (Å²) in [5.41, 5.74) is -0.469. The van der Waals surface area contributed by atoms with E-state index in [1.54, 1.807) is 11.8 Å². The van der Waals surface area contributed by atoms with Crippen LogP contribution in [0.15, 0.2) is 12.3 Å². The molecule has 0 aliphatic carbocycles. The average molecular weight is 312 g/mol. The van der Waals surface area contributed by atoms with Gasteiger partial charge in [0.1, 0.15) is 11.4 Å². The fourth-order valence-corrected chi connectivity index (χ4v) is 1.95. The van der Waals surface area contributed by atoms with Gasteiger partial charge in [0.05, 0.1) is 12.6 Å². The summed E-state index contributed by atoms with van der Waals surface area (Å²) in [7, 11) is 3.55. The van der Waals surface area contributed by atoms with E-state index in [-0.39, 0.29) is 12.1 Å². The Morgan fingerprint density at radius 3 is 2.73 bits per heavy atom. The van der Waals surface area contributed by atoms with E-state index in [2.05, 4.69) is 15.7 Å². The summed E-state index contributed by atoms with van der Waals surface area (Å²) in [5.74, 6) is 0.824. The molecule has 0 spiro atoms. The number of methoxy groups -OCH3 is 1. The van der Waals surface area contributed by atoms with Crippen LogP contribution >= 0.6 is 0 Å². The number of alkyl carbamates (subject to hydrolysis) is 1. The Bertz CT molecular complexity index is 454. The third kappa shape index (κ3) is 7.87. The average Bonchev–Trinajstić information content (AvgIpc) is 2.78. The van der Waals surface area contributed by atoms with Crippen LogP contribution in [-0.4, -0.2) is 47.8 Å². The molecule has 0 fully saturated rings. The van der Waals surface area contributed by atoms with Crippen molar-refractivity contribution in [2.75, 3.05) is 25.6 Å². The summed E-state index contributed by atoms with van der Waals surface area (Å²) in [4.78, 5) is 11.5. The zero-order chi connectivity index (χ0) is 16.6. The zero-order valence-corrected chi connectivity index (χ0v) is 14.2. The number of hydrogen-bond donors (Lipinski definition) is 2. The van der Waals surface area contributed by atoms with Crippen molar-refractivity contribution in [1.29, 1.82) is 0 Å². The molecule has 2 N–H and O–H groups in total. The predicted molar refractivity (Wildman–Crippen MR) is 86.0 cm³/mol. The lowest BCUT2D eigenvalue weighted by molar-refractivity contribution is 0.0526. The maximum absolute atomic E-state index is 11.5. The van der Waals surface area contributed by atoms with Crippen molar-refractivity contribution in [3.8, 4) is 0 Å². The zero-order valence-electron chi connectivity index (χ0n) is 14.2. The molecule has 1 atom stereocenters. The fraction of sp³-hybridized carbons (Fsp3) is 0.733. The molecule has 1 heterocycles. The molecular formula is C15H28N4O3. The van der Waals surface area contributed by atoms with E-state index in [1.165, 1.54) is 0 Å². The van der Waals surface area contributed by atoms with Crippen molar-refractivity contribution < 1.29 is 14.3 Å². The molecule has 1 aromatic rings. The van der Waals surface area contributed by atoms with E-state index < -0.39 is 5.60 Å². The van der Waals surface area contributed by atoms with Crippen LogP contribution in [0.3, 0.4) is 0 Å². The molecule has 0 bridgehead atoms. The summed E-state index contributed by atoms with van der Waals surface area (Å²) in [6.07, 6.45) is 3.19. The van der Waals surface area contributed by atoms with Crippen LogP contribution in [0.4, 0.5) is 10.6 Å². The van der Waals surface area contributed by atoms with E-state index in [9.17, 15) is 4.79 Å². The second-order valence-corrected chi connectivity index (χ2v) is 6.24. The second kappa shape index (κ2) is 8.63. The van der Waals surface area contributed by atoms with Crippen molar-refractivity contribution in [2.45, 2.75) is 45.3 Å². The quantitative estimate of drug-likeness (QED) is 0.719. The lowest BCUT2D eigenvalue weighted by Crippen LogP contribution is -2.34. The summed E-state index contributed by atoms with van der Waals surface area (Å²) in [5, 5.41) is 10.4. The van der Waals surface area contributed by atoms with Gasteiger partial charge in [-0.2, -0.15) is 5.10 Å². The molecule has 7 nitrogen and oxygen atoms in total. The van der Waals surface area contributed by atoms with Gasteiger partial charge in [-0.05, 0) is 33.6 Å². The van der Waals surface area contributed by atoms with Gasteiger partial charge in [0.2, 0.25) is 0 Å². The van der Waals surface area contributed by atoms with Crippen LogP contribution in [0, 0.1) is 0 Å². The highest BCUT2D eigenvalue weighted by Crippen LogP contribution is 2.09. The Labute approximate surface area is 132 Å². The number of hydrogen-bond acceptors (Lipinski definition) is 5. The minimum Gasteiger partial charge on any atom is -0.444 e. The summed E-state index contributed by atoms with van der Waals surface area (Å²) in [6.45, 7) is 6.69. The van der Waals surface area contributed by atoms with Crippen LogP contribution < -0.4 is 10.6 Å². The number of ether oxygens (including phenoxy) is 2. The Morgan fingerprint density at radius 2 is 2.18 bits per heavy atom. The van der Waals surface area contributed by atoms with E-state index in [1.807, 2.05) is 40.1 Å². The van der Waals surface area contributed by atoms with E-state index in [0.29, 0.717) is 13.2 Å². The van der Waals surface area contributed by atoms with Gasteiger partial charge in [-0.3, -0.25) is 4.68 Å². The molecular weight excluding hydrogens is 284 g/mol. The molecule has 1 aromatic heterocycles. The maximum Gasteiger partial charge on any atom is 0.407 e. The molecule has 1 amide bonds. The topological polar surface area (TPSA) is 77.4 Å². The fourth-order valence-electron chi connectivity index (χ4n) is 1.95. The van der Waals surface area contributed by atoms with Crippen LogP contribution in [0.1, 0.15) is 33.6 Å². The van der Waals surface area contributed by atoms with Crippen molar-refractivity contribution in [3.63, 3.8) is 0 Å². The molecule has 126 valence electrons. The minimum atomic E-state index is -0.469. The minimum absolute atomic E-state index is 0.153. The van der Waals surface area contributed by atoms with Crippen LogP contribution in [0.25, 0.3) is 0 Å². The number of nitrogens with zero attached hydrogens (tertiary/aromatic N) is 2. The monoisotopic (exact) mass is 312 g/mol. The van der Waals surface area contributed by atoms with Crippen LogP contribution in [0.5, 0.6) is 0 Å². The maximum atomic E-state index is 11.5. The highest BCUT2D eigenvalue weighted by Gasteiger charge is 2.16. The molecule has 0 radical (unpaired) electrons. The standard InChI is InChI=1S/C15H28N4O3/c1-15(2,3)22-14(20)16-9-6-7-12(11-21-5)17-13-8-10-19(4)18-13/h8,10,12H,6-7,9,11H2,1-5H3,(H,16,20)(H,17,18). The van der Waals surface area contributed by atoms with Gasteiger partial charge >= 0.3 is 6.09 Å². The highest BCUT2D eigenvalue weighted by molar-refractivity contribution is 5.67. The van der Waals surface area contributed by atoms with Gasteiger partial charge in [0.15, 0.2) is 0 Å². The van der Waals surface area contributed by atoms with E-state index >= 15 is 0 Å². The van der Waals surface area contributed by atoms with Gasteiger partial charge in [-0.1, -0.05) is 0 Å². The van der Waals surface area contributed by atoms with Crippen LogP contribution in [-0.2, 0) is 16.5 Å². The molecule has 0 aromatic carbocycles. The molecule has 0 saturated heterocycles. The third-order valence-electron chi connectivity index (χ3n) is 2.83. The first-order chi connectivity index (χ1) is 10.3. The Balaban J connectivity index is 2.28. The van der Waals surface area contributed by atoms with Crippen molar-refractivity contribution >= 4 is 11.9 Å². The largest absolute Gasteiger partial charge is 0.444 e. The van der Waals surface area contributed by atoms with Gasteiger partial charge in [-0.15, -0.1) is 0 Å². The van der Waals surface area contributed by atoms with Gasteiger partial charge in [0, 0.05) is 33.0 Å². The summed E-state index contributed by atoms with van der Waals surface area (Å²) in [6, 6.07) is 2.07. The first-order valence-electron chi connectivity index (χ1n) is 7.52. The van der Waals surface area contributed by atoms with Gasteiger partial charge < -0.3 is 20.1 Å². The highest BCUT2D eigenvalue weighted by atomic mass is 16.6. The smallest absolute Gasteiger partial charge is 0.407 e. The first-order valence-corrected chi connectivity index (χ1v) is 7.52. The molecule has 0 aliphatic heterocycles. The normalized spacial score (nSPS) is 12.8. The number of rotatable bonds is 8.